The zero-order valence-electron chi connectivity index (χ0n) is 30.1. The molecule has 0 fully saturated rings. The first kappa shape index (κ1) is 16.6. The number of furan rings is 2. The van der Waals surface area contributed by atoms with Crippen molar-refractivity contribution in [2.45, 2.75) is 0 Å². The normalized spacial score (nSPS) is 14.5. The van der Waals surface area contributed by atoms with E-state index in [1.807, 2.05) is 54.6 Å². The number of benzene rings is 7. The fraction of sp³-hybridized carbons (Fsp3) is 0. The van der Waals surface area contributed by atoms with Gasteiger partial charge in [-0.15, -0.1) is 0 Å². The highest BCUT2D eigenvalue weighted by Crippen LogP contribution is 2.45. The predicted octanol–water partition coefficient (Wildman–Crippen LogP) is 11.6. The summed E-state index contributed by atoms with van der Waals surface area (Å²) in [5.74, 6) is 0. The lowest BCUT2D eigenvalue weighted by atomic mass is 9.86. The Morgan fingerprint density at radius 1 is 0.476 bits per heavy atom. The van der Waals surface area contributed by atoms with Crippen LogP contribution in [0, 0.1) is 0 Å². The highest BCUT2D eigenvalue weighted by atomic mass is 16.3. The van der Waals surface area contributed by atoms with Crippen molar-refractivity contribution in [3.63, 3.8) is 0 Å². The zero-order chi connectivity index (χ0) is 34.6. The lowest BCUT2D eigenvalue weighted by Crippen LogP contribution is -1.90. The maximum Gasteiger partial charge on any atom is 0.147 e. The van der Waals surface area contributed by atoms with Gasteiger partial charge in [-0.2, -0.15) is 0 Å². The summed E-state index contributed by atoms with van der Waals surface area (Å²) in [7, 11) is 0. The van der Waals surface area contributed by atoms with E-state index in [-0.39, 0.29) is 45.7 Å². The largest absolute Gasteiger partial charge is 0.464 e. The van der Waals surface area contributed by atoms with E-state index in [0.717, 1.165) is 27.3 Å². The SMILES string of the molecule is [2H]c1c([2H])c([2H])c2c(-c3ccc4oc5c(ccc6occ(-c7ccccc7)c65)c4c3)c3c([2H])c([2H])c([2H])c([2H])c3c(-c3ccccc3)c2c1[2H]. The summed E-state index contributed by atoms with van der Waals surface area (Å²) in [5.41, 5.74) is 5.42. The van der Waals surface area contributed by atoms with Crippen LogP contribution in [0.2, 0.25) is 0 Å². The summed E-state index contributed by atoms with van der Waals surface area (Å²) in [6, 6.07) is 25.1. The Morgan fingerprint density at radius 3 is 1.69 bits per heavy atom. The third-order valence-electron chi connectivity index (χ3n) is 7.99. The van der Waals surface area contributed by atoms with Crippen molar-refractivity contribution >= 4 is 54.5 Å². The molecule has 0 amide bonds. The van der Waals surface area contributed by atoms with Gasteiger partial charge in [0, 0.05) is 16.3 Å². The molecule has 0 saturated heterocycles. The maximum atomic E-state index is 9.20. The second-order valence-electron chi connectivity index (χ2n) is 10.3. The molecule has 0 bridgehead atoms. The summed E-state index contributed by atoms with van der Waals surface area (Å²) in [5, 5.41) is 3.05. The molecule has 0 radical (unpaired) electrons. The highest BCUT2D eigenvalue weighted by molar-refractivity contribution is 6.23. The van der Waals surface area contributed by atoms with E-state index in [1.165, 1.54) is 0 Å². The number of hydrogen-bond donors (Lipinski definition) is 0. The first-order valence-electron chi connectivity index (χ1n) is 17.6. The van der Waals surface area contributed by atoms with Gasteiger partial charge >= 0.3 is 0 Å². The van der Waals surface area contributed by atoms with Gasteiger partial charge in [0.25, 0.3) is 0 Å². The van der Waals surface area contributed by atoms with Crippen molar-refractivity contribution in [3.8, 4) is 33.4 Å². The van der Waals surface area contributed by atoms with Crippen LogP contribution in [0.25, 0.3) is 87.8 Å². The van der Waals surface area contributed by atoms with Crippen LogP contribution in [0.15, 0.2) is 154 Å². The summed E-state index contributed by atoms with van der Waals surface area (Å²) in [6.07, 6.45) is 1.71. The molecule has 0 aliphatic carbocycles. The summed E-state index contributed by atoms with van der Waals surface area (Å²) in [4.78, 5) is 0. The summed E-state index contributed by atoms with van der Waals surface area (Å²) >= 11 is 0. The maximum absolute atomic E-state index is 9.20. The summed E-state index contributed by atoms with van der Waals surface area (Å²) in [6.45, 7) is 0. The Bertz CT molecular complexity index is 2810. The molecule has 0 aliphatic heterocycles. The molecule has 0 aliphatic rings. The molecule has 196 valence electrons. The molecule has 7 aromatic carbocycles. The molecule has 0 saturated carbocycles. The van der Waals surface area contributed by atoms with E-state index >= 15 is 0 Å². The fourth-order valence-electron chi connectivity index (χ4n) is 6.15. The van der Waals surface area contributed by atoms with Crippen LogP contribution in [0.3, 0.4) is 0 Å². The van der Waals surface area contributed by atoms with E-state index in [0.29, 0.717) is 39.0 Å². The van der Waals surface area contributed by atoms with E-state index < -0.39 is 24.2 Å². The Kier molecular flexibility index (Phi) is 3.54. The minimum absolute atomic E-state index is 0.170. The van der Waals surface area contributed by atoms with Gasteiger partial charge in [-0.1, -0.05) is 115 Å². The molecular weight excluding hydrogens is 512 g/mol. The lowest BCUT2D eigenvalue weighted by Gasteiger charge is -2.17. The van der Waals surface area contributed by atoms with E-state index in [2.05, 4.69) is 0 Å². The van der Waals surface area contributed by atoms with Crippen LogP contribution in [0.5, 0.6) is 0 Å². The first-order valence-corrected chi connectivity index (χ1v) is 13.6. The molecule has 2 aromatic heterocycles. The molecule has 9 rings (SSSR count). The quantitative estimate of drug-likeness (QED) is 0.207. The molecule has 2 heteroatoms. The van der Waals surface area contributed by atoms with Crippen LogP contribution in [0.1, 0.15) is 11.0 Å². The average molecular weight is 545 g/mol. The standard InChI is InChI=1S/C40H24O2/c1-3-11-25(12-4-1)34-24-41-36-22-20-32-33-23-27(19-21-35(33)42-40(32)39(34)36)38-30-17-9-7-15-28(30)37(26-13-5-2-6-14-26)29-16-8-10-18-31(29)38/h1-24H/i7D,8D,9D,10D,15D,16D,17D,18D. The monoisotopic (exact) mass is 544 g/mol. The van der Waals surface area contributed by atoms with Crippen molar-refractivity contribution in [3.05, 3.63) is 146 Å². The zero-order valence-corrected chi connectivity index (χ0v) is 22.1. The molecule has 0 atom stereocenters. The van der Waals surface area contributed by atoms with Gasteiger partial charge in [-0.05, 0) is 73.6 Å². The van der Waals surface area contributed by atoms with Crippen molar-refractivity contribution in [1.29, 1.82) is 0 Å². The second kappa shape index (κ2) is 8.95. The van der Waals surface area contributed by atoms with Crippen LogP contribution in [0.4, 0.5) is 0 Å². The Hall–Kier alpha value is -5.60. The number of rotatable bonds is 3. The van der Waals surface area contributed by atoms with Crippen molar-refractivity contribution in [2.24, 2.45) is 0 Å². The van der Waals surface area contributed by atoms with Crippen LogP contribution in [-0.4, -0.2) is 0 Å². The van der Waals surface area contributed by atoms with E-state index in [1.54, 1.807) is 42.7 Å². The smallest absolute Gasteiger partial charge is 0.147 e. The predicted molar refractivity (Wildman–Crippen MR) is 175 cm³/mol. The van der Waals surface area contributed by atoms with Gasteiger partial charge in [0.15, 0.2) is 0 Å². The molecule has 2 heterocycles. The van der Waals surface area contributed by atoms with Gasteiger partial charge in [-0.3, -0.25) is 0 Å². The lowest BCUT2D eigenvalue weighted by molar-refractivity contribution is 0.616. The van der Waals surface area contributed by atoms with Gasteiger partial charge in [0.1, 0.15) is 16.7 Å². The summed E-state index contributed by atoms with van der Waals surface area (Å²) < 4.78 is 83.7. The van der Waals surface area contributed by atoms with Crippen molar-refractivity contribution in [1.82, 2.24) is 0 Å². The van der Waals surface area contributed by atoms with E-state index in [9.17, 15) is 2.74 Å². The topological polar surface area (TPSA) is 26.3 Å². The highest BCUT2D eigenvalue weighted by Gasteiger charge is 2.20. The average Bonchev–Trinajstić information content (AvgIpc) is 3.75. The van der Waals surface area contributed by atoms with Crippen LogP contribution < -0.4 is 0 Å². The molecule has 9 aromatic rings. The molecule has 0 N–H and O–H groups in total. The molecule has 0 unspecified atom stereocenters. The second-order valence-corrected chi connectivity index (χ2v) is 10.3. The molecular formula is C40H24O2. The third kappa shape index (κ3) is 3.33. The van der Waals surface area contributed by atoms with Crippen molar-refractivity contribution in [2.75, 3.05) is 0 Å². The molecule has 2 nitrogen and oxygen atoms in total. The van der Waals surface area contributed by atoms with Crippen molar-refractivity contribution < 1.29 is 19.8 Å². The molecule has 0 spiro atoms. The molecule has 42 heavy (non-hydrogen) atoms. The minimum Gasteiger partial charge on any atom is -0.464 e. The Morgan fingerprint density at radius 2 is 1.05 bits per heavy atom. The number of fused-ring (bicyclic) bond motifs is 7. The first-order chi connectivity index (χ1) is 24.2. The van der Waals surface area contributed by atoms with Gasteiger partial charge in [-0.25, -0.2) is 0 Å². The number of hydrogen-bond acceptors (Lipinski definition) is 2. The van der Waals surface area contributed by atoms with Gasteiger partial charge in [0.05, 0.1) is 22.6 Å². The van der Waals surface area contributed by atoms with E-state index in [4.69, 9.17) is 17.1 Å². The van der Waals surface area contributed by atoms with Gasteiger partial charge in [0.2, 0.25) is 0 Å². The fourth-order valence-corrected chi connectivity index (χ4v) is 6.15. The van der Waals surface area contributed by atoms with Crippen LogP contribution in [-0.2, 0) is 0 Å². The Balaban J connectivity index is 1.46. The minimum atomic E-state index is -0.437. The van der Waals surface area contributed by atoms with Gasteiger partial charge < -0.3 is 8.83 Å². The third-order valence-corrected chi connectivity index (χ3v) is 7.99. The van der Waals surface area contributed by atoms with Crippen LogP contribution >= 0.6 is 0 Å². The Labute approximate surface area is 253 Å².